The Bertz CT molecular complexity index is 589. The number of benzene rings is 1. The van der Waals surface area contributed by atoms with Gasteiger partial charge in [-0.1, -0.05) is 0 Å². The number of amides is 1. The lowest BCUT2D eigenvalue weighted by atomic mass is 10.2. The monoisotopic (exact) mass is 352 g/mol. The molecule has 0 saturated carbocycles. The van der Waals surface area contributed by atoms with Crippen molar-refractivity contribution in [2.75, 3.05) is 37.2 Å². The smallest absolute Gasteiger partial charge is 0.246 e. The first-order valence-corrected chi connectivity index (χ1v) is 9.11. The van der Waals surface area contributed by atoms with E-state index in [1.165, 1.54) is 24.3 Å². The van der Waals surface area contributed by atoms with Gasteiger partial charge in [0.2, 0.25) is 5.91 Å². The number of thioether (sulfide) groups is 1. The molecule has 1 aliphatic heterocycles. The van der Waals surface area contributed by atoms with Crippen LogP contribution in [0.3, 0.4) is 0 Å². The third-order valence-electron chi connectivity index (χ3n) is 3.56. The molecule has 1 fully saturated rings. The predicted molar refractivity (Wildman–Crippen MR) is 99.1 cm³/mol. The average Bonchev–Trinajstić information content (AvgIpc) is 2.52. The topological polar surface area (TPSA) is 56.7 Å². The number of carbonyl (C=O) groups is 1. The van der Waals surface area contributed by atoms with Gasteiger partial charge in [0.05, 0.1) is 0 Å². The summed E-state index contributed by atoms with van der Waals surface area (Å²) >= 11 is 1.95. The van der Waals surface area contributed by atoms with Crippen LogP contribution in [-0.4, -0.2) is 53.4 Å². The van der Waals surface area contributed by atoms with Crippen LogP contribution in [0.5, 0.6) is 0 Å². The standard InChI is InChI=1S/C17H25FN4OS/c1-4-19-16(22-9-10-24-17(2,3)12-22)20-11-15(23)21-14-7-5-13(18)6-8-14/h5-8H,4,9-12H2,1-3H3,(H,19,20)(H,21,23). The number of guanidine groups is 1. The Morgan fingerprint density at radius 1 is 1.38 bits per heavy atom. The van der Waals surface area contributed by atoms with E-state index < -0.39 is 0 Å². The summed E-state index contributed by atoms with van der Waals surface area (Å²) < 4.78 is 13.1. The Morgan fingerprint density at radius 3 is 2.71 bits per heavy atom. The molecular formula is C17H25FN4OS. The SMILES string of the molecule is CCNC(=NCC(=O)Nc1ccc(F)cc1)N1CCSC(C)(C)C1. The maximum absolute atomic E-state index is 12.9. The van der Waals surface area contributed by atoms with Crippen molar-refractivity contribution in [1.29, 1.82) is 0 Å². The van der Waals surface area contributed by atoms with Gasteiger partial charge in [-0.2, -0.15) is 11.8 Å². The van der Waals surface area contributed by atoms with Crippen LogP contribution < -0.4 is 10.6 Å². The zero-order valence-electron chi connectivity index (χ0n) is 14.4. The highest BCUT2D eigenvalue weighted by molar-refractivity contribution is 8.00. The maximum atomic E-state index is 12.9. The van der Waals surface area contributed by atoms with E-state index in [1.807, 2.05) is 18.7 Å². The molecule has 2 rings (SSSR count). The summed E-state index contributed by atoms with van der Waals surface area (Å²) in [6.45, 7) is 9.04. The Kier molecular flexibility index (Phi) is 6.48. The minimum absolute atomic E-state index is 0.0315. The zero-order chi connectivity index (χ0) is 17.6. The van der Waals surface area contributed by atoms with Crippen LogP contribution in [0.4, 0.5) is 10.1 Å². The Labute approximate surface area is 147 Å². The lowest BCUT2D eigenvalue weighted by molar-refractivity contribution is -0.114. The van der Waals surface area contributed by atoms with Crippen LogP contribution >= 0.6 is 11.8 Å². The summed E-state index contributed by atoms with van der Waals surface area (Å²) in [6, 6.07) is 5.70. The molecule has 0 aliphatic carbocycles. The van der Waals surface area contributed by atoms with Crippen LogP contribution in [-0.2, 0) is 4.79 Å². The van der Waals surface area contributed by atoms with Crippen molar-refractivity contribution in [3.8, 4) is 0 Å². The first-order chi connectivity index (χ1) is 11.4. The fraction of sp³-hybridized carbons (Fsp3) is 0.529. The molecule has 0 aromatic heterocycles. The third-order valence-corrected chi connectivity index (χ3v) is 4.86. The molecule has 1 aliphatic rings. The molecule has 0 bridgehead atoms. The van der Waals surface area contributed by atoms with Crippen molar-refractivity contribution < 1.29 is 9.18 Å². The zero-order valence-corrected chi connectivity index (χ0v) is 15.3. The van der Waals surface area contributed by atoms with Crippen LogP contribution in [0.25, 0.3) is 0 Å². The molecule has 1 heterocycles. The van der Waals surface area contributed by atoms with Gasteiger partial charge in [-0.05, 0) is 45.0 Å². The van der Waals surface area contributed by atoms with E-state index >= 15 is 0 Å². The lowest BCUT2D eigenvalue weighted by Gasteiger charge is -2.39. The van der Waals surface area contributed by atoms with Crippen molar-refractivity contribution >= 4 is 29.3 Å². The number of carbonyl (C=O) groups excluding carboxylic acids is 1. The van der Waals surface area contributed by atoms with E-state index in [0.717, 1.165) is 31.3 Å². The van der Waals surface area contributed by atoms with Gasteiger partial charge in [-0.15, -0.1) is 0 Å². The number of nitrogens with zero attached hydrogens (tertiary/aromatic N) is 2. The van der Waals surface area contributed by atoms with Crippen LogP contribution in [0.15, 0.2) is 29.3 Å². The molecule has 0 spiro atoms. The maximum Gasteiger partial charge on any atom is 0.246 e. The Hall–Kier alpha value is -1.76. The third kappa shape index (κ3) is 5.70. The van der Waals surface area contributed by atoms with Gasteiger partial charge in [0.15, 0.2) is 5.96 Å². The highest BCUT2D eigenvalue weighted by atomic mass is 32.2. The van der Waals surface area contributed by atoms with Gasteiger partial charge in [0.1, 0.15) is 12.4 Å². The second-order valence-corrected chi connectivity index (χ2v) is 8.06. The van der Waals surface area contributed by atoms with Crippen molar-refractivity contribution in [1.82, 2.24) is 10.2 Å². The molecule has 0 radical (unpaired) electrons. The van der Waals surface area contributed by atoms with Crippen LogP contribution in [0, 0.1) is 5.82 Å². The van der Waals surface area contributed by atoms with Crippen LogP contribution in [0.2, 0.25) is 0 Å². The molecule has 1 aromatic rings. The van der Waals surface area contributed by atoms with Crippen LogP contribution in [0.1, 0.15) is 20.8 Å². The number of aliphatic imine (C=N–C) groups is 1. The second kappa shape index (κ2) is 8.37. The van der Waals surface area contributed by atoms with E-state index in [-0.39, 0.29) is 23.0 Å². The summed E-state index contributed by atoms with van der Waals surface area (Å²) in [5.74, 6) is 1.26. The van der Waals surface area contributed by atoms with E-state index in [0.29, 0.717) is 5.69 Å². The number of nitrogens with one attached hydrogen (secondary N) is 2. The number of hydrogen-bond acceptors (Lipinski definition) is 3. The number of halogens is 1. The summed E-state index contributed by atoms with van der Waals surface area (Å²) in [5, 5.41) is 5.98. The fourth-order valence-corrected chi connectivity index (χ4v) is 3.61. The minimum atomic E-state index is -0.328. The molecule has 7 heteroatoms. The molecule has 24 heavy (non-hydrogen) atoms. The van der Waals surface area contributed by atoms with E-state index in [9.17, 15) is 9.18 Å². The summed E-state index contributed by atoms with van der Waals surface area (Å²) in [7, 11) is 0. The fourth-order valence-electron chi connectivity index (χ4n) is 2.50. The van der Waals surface area contributed by atoms with E-state index in [1.54, 1.807) is 0 Å². The largest absolute Gasteiger partial charge is 0.357 e. The summed E-state index contributed by atoms with van der Waals surface area (Å²) in [5.41, 5.74) is 0.567. The Morgan fingerprint density at radius 2 is 2.08 bits per heavy atom. The number of hydrogen-bond donors (Lipinski definition) is 2. The van der Waals surface area contributed by atoms with E-state index in [2.05, 4.69) is 34.4 Å². The Balaban J connectivity index is 1.97. The molecule has 1 amide bonds. The molecule has 0 atom stereocenters. The number of anilines is 1. The first kappa shape index (κ1) is 18.6. The van der Waals surface area contributed by atoms with Crippen molar-refractivity contribution in [3.63, 3.8) is 0 Å². The normalized spacial score (nSPS) is 17.5. The molecule has 1 aromatic carbocycles. The minimum Gasteiger partial charge on any atom is -0.357 e. The highest BCUT2D eigenvalue weighted by Gasteiger charge is 2.28. The quantitative estimate of drug-likeness (QED) is 0.646. The van der Waals surface area contributed by atoms with E-state index in [4.69, 9.17) is 0 Å². The lowest BCUT2D eigenvalue weighted by Crippen LogP contribution is -2.51. The average molecular weight is 352 g/mol. The molecule has 1 saturated heterocycles. The van der Waals surface area contributed by atoms with Crippen molar-refractivity contribution in [3.05, 3.63) is 30.1 Å². The molecule has 2 N–H and O–H groups in total. The first-order valence-electron chi connectivity index (χ1n) is 8.12. The van der Waals surface area contributed by atoms with Gasteiger partial charge in [-0.25, -0.2) is 9.38 Å². The number of rotatable bonds is 4. The van der Waals surface area contributed by atoms with Gasteiger partial charge in [-0.3, -0.25) is 4.79 Å². The predicted octanol–water partition coefficient (Wildman–Crippen LogP) is 2.56. The molecule has 5 nitrogen and oxygen atoms in total. The highest BCUT2D eigenvalue weighted by Crippen LogP contribution is 2.29. The van der Waals surface area contributed by atoms with Gasteiger partial charge in [0.25, 0.3) is 0 Å². The van der Waals surface area contributed by atoms with Gasteiger partial charge >= 0.3 is 0 Å². The summed E-state index contributed by atoms with van der Waals surface area (Å²) in [4.78, 5) is 18.7. The molecular weight excluding hydrogens is 327 g/mol. The molecule has 132 valence electrons. The van der Waals surface area contributed by atoms with Crippen molar-refractivity contribution in [2.24, 2.45) is 4.99 Å². The summed E-state index contributed by atoms with van der Waals surface area (Å²) in [6.07, 6.45) is 0. The van der Waals surface area contributed by atoms with Crippen molar-refractivity contribution in [2.45, 2.75) is 25.5 Å². The molecule has 0 unspecified atom stereocenters. The van der Waals surface area contributed by atoms with Gasteiger partial charge < -0.3 is 15.5 Å². The van der Waals surface area contributed by atoms with Gasteiger partial charge in [0, 0.05) is 35.8 Å². The second-order valence-electron chi connectivity index (χ2n) is 6.25.